The van der Waals surface area contributed by atoms with Crippen LogP contribution in [0.25, 0.3) is 0 Å². The third-order valence-electron chi connectivity index (χ3n) is 4.67. The number of amides is 1. The Morgan fingerprint density at radius 1 is 1.38 bits per heavy atom. The van der Waals surface area contributed by atoms with Crippen LogP contribution in [0, 0.1) is 17.2 Å². The van der Waals surface area contributed by atoms with Crippen LogP contribution in [0.15, 0.2) is 9.98 Å². The van der Waals surface area contributed by atoms with Crippen molar-refractivity contribution >= 4 is 18.3 Å². The molecule has 0 aliphatic carbocycles. The van der Waals surface area contributed by atoms with Gasteiger partial charge in [-0.2, -0.15) is 5.26 Å². The summed E-state index contributed by atoms with van der Waals surface area (Å²) in [5, 5.41) is 17.4. The van der Waals surface area contributed by atoms with Gasteiger partial charge in [0, 0.05) is 38.2 Å². The van der Waals surface area contributed by atoms with E-state index >= 15 is 0 Å². The third-order valence-corrected chi connectivity index (χ3v) is 4.67. The van der Waals surface area contributed by atoms with Crippen LogP contribution < -0.4 is 0 Å². The van der Waals surface area contributed by atoms with Crippen molar-refractivity contribution in [3.05, 3.63) is 11.6 Å². The first-order valence-electron chi connectivity index (χ1n) is 8.30. The van der Waals surface area contributed by atoms with Gasteiger partial charge in [0.2, 0.25) is 5.91 Å². The predicted molar refractivity (Wildman–Crippen MR) is 88.9 cm³/mol. The summed E-state index contributed by atoms with van der Waals surface area (Å²) in [6.45, 7) is 4.58. The molecule has 1 saturated heterocycles. The molecule has 0 aromatic carbocycles. The molecule has 0 spiro atoms. The number of nitriles is 1. The zero-order valence-corrected chi connectivity index (χ0v) is 13.8. The van der Waals surface area contributed by atoms with Gasteiger partial charge in [0.05, 0.1) is 12.3 Å². The van der Waals surface area contributed by atoms with E-state index < -0.39 is 0 Å². The van der Waals surface area contributed by atoms with Crippen LogP contribution in [0.5, 0.6) is 0 Å². The SMILES string of the molecule is CCC1CN(C(=O)CC#N)CC1c1nnc2n1CCC=NCN=C2. The molecular formula is C16H21N7O. The van der Waals surface area contributed by atoms with E-state index in [1.165, 1.54) is 0 Å². The zero-order chi connectivity index (χ0) is 16.9. The number of carbonyl (C=O) groups excluding carboxylic acids is 1. The van der Waals surface area contributed by atoms with E-state index in [0.717, 1.165) is 31.0 Å². The summed E-state index contributed by atoms with van der Waals surface area (Å²) in [5.74, 6) is 2.03. The van der Waals surface area contributed by atoms with E-state index in [-0.39, 0.29) is 18.2 Å². The van der Waals surface area contributed by atoms with Crippen LogP contribution in [0.3, 0.4) is 0 Å². The van der Waals surface area contributed by atoms with E-state index in [4.69, 9.17) is 5.26 Å². The number of hydrogen-bond donors (Lipinski definition) is 0. The van der Waals surface area contributed by atoms with Crippen LogP contribution in [0.4, 0.5) is 0 Å². The van der Waals surface area contributed by atoms with Gasteiger partial charge in [0.1, 0.15) is 18.9 Å². The number of hydrogen-bond acceptors (Lipinski definition) is 6. The molecule has 1 amide bonds. The Bertz CT molecular complexity index is 700. The van der Waals surface area contributed by atoms with Crippen molar-refractivity contribution in [1.82, 2.24) is 19.7 Å². The maximum Gasteiger partial charge on any atom is 0.236 e. The fraction of sp³-hybridized carbons (Fsp3) is 0.625. The minimum Gasteiger partial charge on any atom is -0.341 e. The monoisotopic (exact) mass is 327 g/mol. The van der Waals surface area contributed by atoms with Crippen LogP contribution in [0.1, 0.15) is 43.8 Å². The van der Waals surface area contributed by atoms with Crippen molar-refractivity contribution in [2.24, 2.45) is 15.9 Å². The van der Waals surface area contributed by atoms with E-state index in [1.54, 1.807) is 11.1 Å². The topological polar surface area (TPSA) is 99.5 Å². The highest BCUT2D eigenvalue weighted by molar-refractivity contribution is 5.78. The molecule has 126 valence electrons. The molecule has 0 radical (unpaired) electrons. The van der Waals surface area contributed by atoms with E-state index in [1.807, 2.05) is 12.3 Å². The van der Waals surface area contributed by atoms with Crippen molar-refractivity contribution in [3.8, 4) is 6.07 Å². The second-order valence-electron chi connectivity index (χ2n) is 6.08. The summed E-state index contributed by atoms with van der Waals surface area (Å²) in [5.41, 5.74) is 0. The summed E-state index contributed by atoms with van der Waals surface area (Å²) in [4.78, 5) is 22.3. The molecule has 8 nitrogen and oxygen atoms in total. The lowest BCUT2D eigenvalue weighted by Crippen LogP contribution is -2.28. The minimum absolute atomic E-state index is 0.0653. The lowest BCUT2D eigenvalue weighted by Gasteiger charge is -2.17. The normalized spacial score (nSPS) is 23.2. The fourth-order valence-electron chi connectivity index (χ4n) is 3.39. The van der Waals surface area contributed by atoms with Crippen molar-refractivity contribution in [3.63, 3.8) is 0 Å². The second-order valence-corrected chi connectivity index (χ2v) is 6.08. The van der Waals surface area contributed by atoms with Crippen molar-refractivity contribution in [1.29, 1.82) is 5.26 Å². The molecular weight excluding hydrogens is 306 g/mol. The minimum atomic E-state index is -0.101. The Balaban J connectivity index is 1.87. The van der Waals surface area contributed by atoms with E-state index in [0.29, 0.717) is 25.7 Å². The first-order chi connectivity index (χ1) is 11.7. The summed E-state index contributed by atoms with van der Waals surface area (Å²) in [6.07, 6.45) is 5.30. The van der Waals surface area contributed by atoms with Gasteiger partial charge in [-0.1, -0.05) is 13.3 Å². The maximum atomic E-state index is 12.1. The molecule has 0 saturated carbocycles. The number of carbonyl (C=O) groups is 1. The number of aliphatic imine (C=N–C) groups is 2. The van der Waals surface area contributed by atoms with Crippen LogP contribution in [-0.4, -0.2) is 57.8 Å². The Kier molecular flexibility index (Phi) is 4.99. The van der Waals surface area contributed by atoms with Crippen molar-refractivity contribution < 1.29 is 4.79 Å². The molecule has 0 bridgehead atoms. The highest BCUT2D eigenvalue weighted by Gasteiger charge is 2.38. The number of aromatic nitrogens is 3. The van der Waals surface area contributed by atoms with Gasteiger partial charge < -0.3 is 9.47 Å². The fourth-order valence-corrected chi connectivity index (χ4v) is 3.39. The maximum absolute atomic E-state index is 12.1. The zero-order valence-electron chi connectivity index (χ0n) is 13.8. The number of rotatable bonds is 3. The quantitative estimate of drug-likeness (QED) is 0.826. The summed E-state index contributed by atoms with van der Waals surface area (Å²) in [6, 6.07) is 1.94. The summed E-state index contributed by atoms with van der Waals surface area (Å²) in [7, 11) is 0. The highest BCUT2D eigenvalue weighted by Crippen LogP contribution is 2.34. The van der Waals surface area contributed by atoms with Gasteiger partial charge in [0.15, 0.2) is 5.82 Å². The smallest absolute Gasteiger partial charge is 0.236 e. The second kappa shape index (κ2) is 7.34. The van der Waals surface area contributed by atoms with Gasteiger partial charge >= 0.3 is 0 Å². The van der Waals surface area contributed by atoms with Gasteiger partial charge in [-0.15, -0.1) is 10.2 Å². The Labute approximate surface area is 140 Å². The summed E-state index contributed by atoms with van der Waals surface area (Å²) < 4.78 is 2.09. The first kappa shape index (κ1) is 16.3. The number of likely N-dealkylation sites (tertiary alicyclic amines) is 1. The van der Waals surface area contributed by atoms with E-state index in [2.05, 4.69) is 31.7 Å². The Morgan fingerprint density at radius 2 is 2.25 bits per heavy atom. The molecule has 24 heavy (non-hydrogen) atoms. The van der Waals surface area contributed by atoms with Crippen LogP contribution in [0.2, 0.25) is 0 Å². The molecule has 3 heterocycles. The molecule has 1 aromatic heterocycles. The molecule has 0 N–H and O–H groups in total. The molecule has 1 aromatic rings. The Hall–Kier alpha value is -2.56. The lowest BCUT2D eigenvalue weighted by molar-refractivity contribution is -0.129. The average Bonchev–Trinajstić information content (AvgIpc) is 3.19. The first-order valence-corrected chi connectivity index (χ1v) is 8.30. The van der Waals surface area contributed by atoms with Gasteiger partial charge in [-0.3, -0.25) is 14.8 Å². The number of fused-ring (bicyclic) bond motifs is 1. The molecule has 1 fully saturated rings. The lowest BCUT2D eigenvalue weighted by atomic mass is 9.93. The van der Waals surface area contributed by atoms with E-state index in [9.17, 15) is 4.79 Å². The van der Waals surface area contributed by atoms with Gasteiger partial charge in [-0.25, -0.2) is 0 Å². The standard InChI is InChI=1S/C16H21N7O/c1-2-12-9-22(15(24)4-5-17)10-13(12)16-21-20-14-8-19-11-18-6-3-7-23(14)16/h6,8,12-13H,2-4,7,9-11H2,1H3. The average molecular weight is 327 g/mol. The molecule has 2 aliphatic heterocycles. The highest BCUT2D eigenvalue weighted by atomic mass is 16.2. The van der Waals surface area contributed by atoms with Crippen molar-refractivity contribution in [2.45, 2.75) is 38.6 Å². The summed E-state index contributed by atoms with van der Waals surface area (Å²) >= 11 is 0. The van der Waals surface area contributed by atoms with Crippen LogP contribution >= 0.6 is 0 Å². The molecule has 2 atom stereocenters. The largest absolute Gasteiger partial charge is 0.341 e. The van der Waals surface area contributed by atoms with Crippen LogP contribution in [-0.2, 0) is 11.3 Å². The predicted octanol–water partition coefficient (Wildman–Crippen LogP) is 0.995. The van der Waals surface area contributed by atoms with Gasteiger partial charge in [-0.05, 0) is 5.92 Å². The number of nitrogens with zero attached hydrogens (tertiary/aromatic N) is 7. The van der Waals surface area contributed by atoms with Crippen molar-refractivity contribution in [2.75, 3.05) is 19.8 Å². The molecule has 3 rings (SSSR count). The molecule has 2 unspecified atom stereocenters. The van der Waals surface area contributed by atoms with Gasteiger partial charge in [0.25, 0.3) is 0 Å². The third kappa shape index (κ3) is 3.20. The molecule has 8 heteroatoms. The Morgan fingerprint density at radius 3 is 3.04 bits per heavy atom. The molecule has 2 aliphatic rings.